The Hall–Kier alpha value is -2.37. The van der Waals surface area contributed by atoms with Crippen molar-refractivity contribution in [3.8, 4) is 0 Å². The zero-order chi connectivity index (χ0) is 19.2. The number of alkyl halides is 3. The van der Waals surface area contributed by atoms with Crippen molar-refractivity contribution in [1.82, 2.24) is 0 Å². The Bertz CT molecular complexity index is 679. The van der Waals surface area contributed by atoms with Crippen LogP contribution in [0.3, 0.4) is 0 Å². The Balaban J connectivity index is 1.84. The molecule has 0 aromatic heterocycles. The number of carbonyl (C=O) groups excluding carboxylic acids is 1. The van der Waals surface area contributed by atoms with Gasteiger partial charge >= 0.3 is 12.1 Å². The third kappa shape index (κ3) is 5.86. The summed E-state index contributed by atoms with van der Waals surface area (Å²) in [6.45, 7) is 0. The first-order valence-electron chi connectivity index (χ1n) is 8.55. The van der Waals surface area contributed by atoms with E-state index in [1.165, 1.54) is 18.2 Å². The fraction of sp³-hybridized carbons (Fsp3) is 0.400. The highest BCUT2D eigenvalue weighted by atomic mass is 19.4. The van der Waals surface area contributed by atoms with Gasteiger partial charge in [0.1, 0.15) is 0 Å². The first kappa shape index (κ1) is 19.9. The normalized spacial score (nSPS) is 21.3. The summed E-state index contributed by atoms with van der Waals surface area (Å²) < 4.78 is 37.3. The molecule has 6 heteroatoms. The van der Waals surface area contributed by atoms with Crippen molar-refractivity contribution < 1.29 is 27.9 Å². The van der Waals surface area contributed by atoms with Gasteiger partial charge in [-0.05, 0) is 49.5 Å². The maximum atomic E-state index is 12.4. The molecule has 0 atom stereocenters. The zero-order valence-electron chi connectivity index (χ0n) is 14.2. The van der Waals surface area contributed by atoms with E-state index in [2.05, 4.69) is 0 Å². The number of carboxylic acids is 1. The van der Waals surface area contributed by atoms with Crippen LogP contribution >= 0.6 is 0 Å². The minimum atomic E-state index is -4.84. The van der Waals surface area contributed by atoms with E-state index in [0.29, 0.717) is 11.8 Å². The number of carboxylic acid groups (broad SMARTS) is 1. The average Bonchev–Trinajstić information content (AvgIpc) is 2.60. The van der Waals surface area contributed by atoms with Gasteiger partial charge in [-0.1, -0.05) is 42.5 Å². The van der Waals surface area contributed by atoms with Gasteiger partial charge in [-0.3, -0.25) is 4.79 Å². The summed E-state index contributed by atoms with van der Waals surface area (Å²) in [6.07, 6.45) is 6.26. The fourth-order valence-corrected chi connectivity index (χ4v) is 3.29. The van der Waals surface area contributed by atoms with E-state index in [9.17, 15) is 22.8 Å². The van der Waals surface area contributed by atoms with Crippen LogP contribution < -0.4 is 0 Å². The molecule has 1 aromatic carbocycles. The molecule has 0 heterocycles. The van der Waals surface area contributed by atoms with E-state index in [4.69, 9.17) is 5.11 Å². The highest BCUT2D eigenvalue weighted by molar-refractivity contribution is 6.00. The summed E-state index contributed by atoms with van der Waals surface area (Å²) in [5.74, 6) is -1.95. The predicted molar refractivity (Wildman–Crippen MR) is 92.1 cm³/mol. The predicted octanol–water partition coefficient (Wildman–Crippen LogP) is 5.29. The SMILES string of the molecule is O=C(O)/C=C/C=C/C[C@H]1CC[C@H](c2ccc(C(=O)C(F)(F)F)cc2)CC1. The minimum Gasteiger partial charge on any atom is -0.478 e. The van der Waals surface area contributed by atoms with Crippen molar-refractivity contribution in [3.63, 3.8) is 0 Å². The highest BCUT2D eigenvalue weighted by Gasteiger charge is 2.39. The van der Waals surface area contributed by atoms with Crippen LogP contribution in [0, 0.1) is 5.92 Å². The molecule has 1 aromatic rings. The standard InChI is InChI=1S/C20H21F3O3/c21-20(22,23)19(26)17-12-10-16(11-13-17)15-8-6-14(7-9-15)4-2-1-3-5-18(24)25/h1-3,5,10-15H,4,6-9H2,(H,24,25)/b2-1+,5-3+/t14-,15-. The summed E-state index contributed by atoms with van der Waals surface area (Å²) in [4.78, 5) is 21.6. The van der Waals surface area contributed by atoms with Gasteiger partial charge in [-0.2, -0.15) is 13.2 Å². The molecule has 1 aliphatic rings. The molecule has 1 saturated carbocycles. The average molecular weight is 366 g/mol. The van der Waals surface area contributed by atoms with Gasteiger partial charge in [0.25, 0.3) is 5.78 Å². The van der Waals surface area contributed by atoms with Gasteiger partial charge < -0.3 is 5.11 Å². The van der Waals surface area contributed by atoms with Crippen molar-refractivity contribution in [1.29, 1.82) is 0 Å². The van der Waals surface area contributed by atoms with E-state index >= 15 is 0 Å². The molecule has 2 rings (SSSR count). The molecule has 1 fully saturated rings. The monoisotopic (exact) mass is 366 g/mol. The molecular formula is C20H21F3O3. The van der Waals surface area contributed by atoms with Crippen molar-refractivity contribution in [3.05, 3.63) is 59.7 Å². The molecule has 1 N–H and O–H groups in total. The molecule has 0 unspecified atom stereocenters. The van der Waals surface area contributed by atoms with Gasteiger partial charge in [-0.25, -0.2) is 4.79 Å². The van der Waals surface area contributed by atoms with Gasteiger partial charge in [-0.15, -0.1) is 0 Å². The quantitative estimate of drug-likeness (QED) is 0.423. The molecule has 0 spiro atoms. The van der Waals surface area contributed by atoms with Crippen molar-refractivity contribution in [2.75, 3.05) is 0 Å². The molecule has 0 saturated heterocycles. The molecule has 0 amide bonds. The smallest absolute Gasteiger partial charge is 0.454 e. The number of hydrogen-bond acceptors (Lipinski definition) is 2. The molecular weight excluding hydrogens is 345 g/mol. The molecule has 0 bridgehead atoms. The van der Waals surface area contributed by atoms with E-state index < -0.39 is 17.9 Å². The summed E-state index contributed by atoms with van der Waals surface area (Å²) in [5.41, 5.74) is 0.650. The number of ketones is 1. The van der Waals surface area contributed by atoms with Crippen LogP contribution in [0.2, 0.25) is 0 Å². The lowest BCUT2D eigenvalue weighted by Gasteiger charge is -2.28. The minimum absolute atomic E-state index is 0.303. The lowest BCUT2D eigenvalue weighted by atomic mass is 9.77. The number of hydrogen-bond donors (Lipinski definition) is 1. The van der Waals surface area contributed by atoms with Crippen LogP contribution in [0.15, 0.2) is 48.6 Å². The third-order valence-electron chi connectivity index (χ3n) is 4.70. The Labute approximate surface area is 150 Å². The zero-order valence-corrected chi connectivity index (χ0v) is 14.2. The summed E-state index contributed by atoms with van der Waals surface area (Å²) in [6, 6.07) is 5.77. The van der Waals surface area contributed by atoms with E-state index in [-0.39, 0.29) is 5.56 Å². The molecule has 140 valence electrons. The van der Waals surface area contributed by atoms with Crippen LogP contribution in [0.5, 0.6) is 0 Å². The van der Waals surface area contributed by atoms with Crippen LogP contribution in [0.25, 0.3) is 0 Å². The largest absolute Gasteiger partial charge is 0.478 e. The van der Waals surface area contributed by atoms with Crippen LogP contribution in [0.4, 0.5) is 13.2 Å². The van der Waals surface area contributed by atoms with Gasteiger partial charge in [0.2, 0.25) is 0 Å². The Morgan fingerprint density at radius 2 is 1.65 bits per heavy atom. The van der Waals surface area contributed by atoms with Crippen molar-refractivity contribution in [2.24, 2.45) is 5.92 Å². The van der Waals surface area contributed by atoms with Crippen LogP contribution in [-0.4, -0.2) is 23.0 Å². The first-order chi connectivity index (χ1) is 12.3. The lowest BCUT2D eigenvalue weighted by molar-refractivity contribution is -0.131. The second kappa shape index (κ2) is 8.83. The third-order valence-corrected chi connectivity index (χ3v) is 4.70. The second-order valence-electron chi connectivity index (χ2n) is 6.53. The van der Waals surface area contributed by atoms with Gasteiger partial charge in [0.05, 0.1) is 0 Å². The number of halogens is 3. The molecule has 0 radical (unpaired) electrons. The summed E-state index contributed by atoms with van der Waals surface area (Å²) in [5, 5.41) is 8.49. The Kier molecular flexibility index (Phi) is 6.77. The summed E-state index contributed by atoms with van der Waals surface area (Å²) >= 11 is 0. The molecule has 0 aliphatic heterocycles. The van der Waals surface area contributed by atoms with Gasteiger partial charge in [0.15, 0.2) is 0 Å². The van der Waals surface area contributed by atoms with Crippen molar-refractivity contribution in [2.45, 2.75) is 44.2 Å². The maximum Gasteiger partial charge on any atom is 0.454 e. The Morgan fingerprint density at radius 1 is 1.04 bits per heavy atom. The number of benzene rings is 1. The second-order valence-corrected chi connectivity index (χ2v) is 6.53. The fourth-order valence-electron chi connectivity index (χ4n) is 3.29. The molecule has 26 heavy (non-hydrogen) atoms. The molecule has 1 aliphatic carbocycles. The number of aliphatic carboxylic acids is 1. The molecule has 3 nitrogen and oxygen atoms in total. The van der Waals surface area contributed by atoms with E-state index in [1.54, 1.807) is 18.2 Å². The highest BCUT2D eigenvalue weighted by Crippen LogP contribution is 2.37. The lowest BCUT2D eigenvalue weighted by Crippen LogP contribution is -2.22. The number of carbonyl (C=O) groups is 2. The first-order valence-corrected chi connectivity index (χ1v) is 8.55. The van der Waals surface area contributed by atoms with E-state index in [1.807, 2.05) is 6.08 Å². The topological polar surface area (TPSA) is 54.4 Å². The number of Topliss-reactive ketones (excluding diaryl/α,β-unsaturated/α-hetero) is 1. The number of allylic oxidation sites excluding steroid dienone is 3. The Morgan fingerprint density at radius 3 is 2.19 bits per heavy atom. The summed E-state index contributed by atoms with van der Waals surface area (Å²) in [7, 11) is 0. The van der Waals surface area contributed by atoms with Crippen LogP contribution in [-0.2, 0) is 4.79 Å². The van der Waals surface area contributed by atoms with Crippen molar-refractivity contribution >= 4 is 11.8 Å². The van der Waals surface area contributed by atoms with Crippen LogP contribution in [0.1, 0.15) is 53.9 Å². The van der Waals surface area contributed by atoms with E-state index in [0.717, 1.165) is 43.7 Å². The number of rotatable bonds is 6. The maximum absolute atomic E-state index is 12.4. The van der Waals surface area contributed by atoms with Gasteiger partial charge in [0, 0.05) is 11.6 Å².